The van der Waals surface area contributed by atoms with Crippen molar-refractivity contribution in [2.45, 2.75) is 6.42 Å². The minimum Gasteiger partial charge on any atom is -0.383 e. The van der Waals surface area contributed by atoms with Gasteiger partial charge in [0.1, 0.15) is 0 Å². The van der Waals surface area contributed by atoms with Crippen molar-refractivity contribution in [3.63, 3.8) is 0 Å². The SMILES string of the molecule is COCCNCCc1ccc2c(c1)ncn2C. The van der Waals surface area contributed by atoms with Crippen LogP contribution in [-0.4, -0.2) is 36.4 Å². The van der Waals surface area contributed by atoms with Crippen LogP contribution in [0.25, 0.3) is 11.0 Å². The van der Waals surface area contributed by atoms with Crippen molar-refractivity contribution in [2.75, 3.05) is 26.8 Å². The second-order valence-corrected chi connectivity index (χ2v) is 4.17. The van der Waals surface area contributed by atoms with Gasteiger partial charge in [-0.3, -0.25) is 0 Å². The molecule has 2 aromatic rings. The average molecular weight is 233 g/mol. The van der Waals surface area contributed by atoms with Gasteiger partial charge in [-0.1, -0.05) is 6.07 Å². The van der Waals surface area contributed by atoms with Crippen LogP contribution in [0.1, 0.15) is 5.56 Å². The maximum absolute atomic E-state index is 4.98. The number of nitrogens with zero attached hydrogens (tertiary/aromatic N) is 2. The van der Waals surface area contributed by atoms with E-state index in [0.29, 0.717) is 0 Å². The second kappa shape index (κ2) is 5.80. The lowest BCUT2D eigenvalue weighted by molar-refractivity contribution is 0.199. The van der Waals surface area contributed by atoms with Gasteiger partial charge in [0, 0.05) is 20.7 Å². The fourth-order valence-corrected chi connectivity index (χ4v) is 1.87. The number of ether oxygens (including phenoxy) is 1. The van der Waals surface area contributed by atoms with E-state index in [1.807, 2.05) is 17.9 Å². The number of rotatable bonds is 6. The van der Waals surface area contributed by atoms with Gasteiger partial charge in [0.25, 0.3) is 0 Å². The molecule has 1 aromatic heterocycles. The first-order valence-corrected chi connectivity index (χ1v) is 5.91. The number of aryl methyl sites for hydroxylation is 1. The van der Waals surface area contributed by atoms with Crippen LogP contribution in [0, 0.1) is 0 Å². The zero-order chi connectivity index (χ0) is 12.1. The molecular formula is C13H19N3O. The molecule has 1 heterocycles. The van der Waals surface area contributed by atoms with Crippen LogP contribution in [0.4, 0.5) is 0 Å². The molecule has 0 radical (unpaired) electrons. The van der Waals surface area contributed by atoms with Gasteiger partial charge >= 0.3 is 0 Å². The molecule has 0 saturated heterocycles. The standard InChI is InChI=1S/C13H19N3O/c1-16-10-15-12-9-11(3-4-13(12)16)5-6-14-7-8-17-2/h3-4,9-10,14H,5-8H2,1-2H3. The first-order chi connectivity index (χ1) is 8.31. The van der Waals surface area contributed by atoms with E-state index in [9.17, 15) is 0 Å². The van der Waals surface area contributed by atoms with E-state index in [-0.39, 0.29) is 0 Å². The number of methoxy groups -OCH3 is 1. The normalized spacial score (nSPS) is 11.2. The van der Waals surface area contributed by atoms with Crippen LogP contribution < -0.4 is 5.32 Å². The van der Waals surface area contributed by atoms with E-state index < -0.39 is 0 Å². The minimum atomic E-state index is 0.763. The van der Waals surface area contributed by atoms with E-state index in [4.69, 9.17) is 4.74 Å². The number of hydrogen-bond acceptors (Lipinski definition) is 3. The Labute approximate surface area is 102 Å². The molecule has 4 heteroatoms. The molecule has 1 aromatic carbocycles. The van der Waals surface area contributed by atoms with Crippen molar-refractivity contribution < 1.29 is 4.74 Å². The molecule has 0 aliphatic carbocycles. The maximum atomic E-state index is 4.98. The Morgan fingerprint density at radius 2 is 2.24 bits per heavy atom. The number of nitrogens with one attached hydrogen (secondary N) is 1. The summed E-state index contributed by atoms with van der Waals surface area (Å²) in [5.41, 5.74) is 3.57. The van der Waals surface area contributed by atoms with Crippen LogP contribution in [-0.2, 0) is 18.2 Å². The van der Waals surface area contributed by atoms with Gasteiger partial charge in [0.15, 0.2) is 0 Å². The van der Waals surface area contributed by atoms with Crippen molar-refractivity contribution in [3.8, 4) is 0 Å². The van der Waals surface area contributed by atoms with Crippen molar-refractivity contribution >= 4 is 11.0 Å². The maximum Gasteiger partial charge on any atom is 0.0955 e. The summed E-state index contributed by atoms with van der Waals surface area (Å²) in [4.78, 5) is 4.36. The Hall–Kier alpha value is -1.39. The molecule has 0 amide bonds. The Kier molecular flexibility index (Phi) is 4.12. The highest BCUT2D eigenvalue weighted by Gasteiger charge is 2.00. The minimum absolute atomic E-state index is 0.763. The zero-order valence-corrected chi connectivity index (χ0v) is 10.4. The second-order valence-electron chi connectivity index (χ2n) is 4.17. The van der Waals surface area contributed by atoms with Crippen molar-refractivity contribution in [2.24, 2.45) is 7.05 Å². The molecule has 0 aliphatic heterocycles. The average Bonchev–Trinajstić information content (AvgIpc) is 2.71. The summed E-state index contributed by atoms with van der Waals surface area (Å²) < 4.78 is 7.02. The summed E-state index contributed by atoms with van der Waals surface area (Å²) in [6.07, 6.45) is 2.88. The number of hydrogen-bond donors (Lipinski definition) is 1. The monoisotopic (exact) mass is 233 g/mol. The third-order valence-corrected chi connectivity index (χ3v) is 2.86. The number of imidazole rings is 1. The molecule has 92 valence electrons. The highest BCUT2D eigenvalue weighted by molar-refractivity contribution is 5.75. The summed E-state index contributed by atoms with van der Waals surface area (Å²) in [7, 11) is 3.73. The predicted octanol–water partition coefficient (Wildman–Crippen LogP) is 1.35. The first-order valence-electron chi connectivity index (χ1n) is 5.91. The number of benzene rings is 1. The van der Waals surface area contributed by atoms with Gasteiger partial charge in [-0.2, -0.15) is 0 Å². The molecule has 0 aliphatic rings. The van der Waals surface area contributed by atoms with Crippen LogP contribution in [0.15, 0.2) is 24.5 Å². The topological polar surface area (TPSA) is 39.1 Å². The Bertz CT molecular complexity index is 478. The molecule has 0 fully saturated rings. The van der Waals surface area contributed by atoms with E-state index in [2.05, 4.69) is 28.5 Å². The number of fused-ring (bicyclic) bond motifs is 1. The predicted molar refractivity (Wildman–Crippen MR) is 69.2 cm³/mol. The molecule has 0 saturated carbocycles. The Morgan fingerprint density at radius 3 is 3.06 bits per heavy atom. The van der Waals surface area contributed by atoms with Crippen LogP contribution in [0.3, 0.4) is 0 Å². The third kappa shape index (κ3) is 3.05. The molecular weight excluding hydrogens is 214 g/mol. The molecule has 0 spiro atoms. The fourth-order valence-electron chi connectivity index (χ4n) is 1.87. The lowest BCUT2D eigenvalue weighted by Crippen LogP contribution is -2.21. The van der Waals surface area contributed by atoms with E-state index >= 15 is 0 Å². The lowest BCUT2D eigenvalue weighted by atomic mass is 10.1. The van der Waals surface area contributed by atoms with Gasteiger partial charge in [-0.25, -0.2) is 4.98 Å². The van der Waals surface area contributed by atoms with Gasteiger partial charge < -0.3 is 14.6 Å². The summed E-state index contributed by atoms with van der Waals surface area (Å²) in [6.45, 7) is 2.64. The molecule has 1 N–H and O–H groups in total. The molecule has 2 rings (SSSR count). The quantitative estimate of drug-likeness (QED) is 0.766. The molecule has 0 bridgehead atoms. The molecule has 4 nitrogen and oxygen atoms in total. The van der Waals surface area contributed by atoms with Gasteiger partial charge in [0.05, 0.1) is 24.0 Å². The molecule has 17 heavy (non-hydrogen) atoms. The van der Waals surface area contributed by atoms with Crippen molar-refractivity contribution in [1.82, 2.24) is 14.9 Å². The van der Waals surface area contributed by atoms with E-state index in [1.54, 1.807) is 7.11 Å². The van der Waals surface area contributed by atoms with Crippen LogP contribution in [0.2, 0.25) is 0 Å². The highest BCUT2D eigenvalue weighted by Crippen LogP contribution is 2.13. The summed E-state index contributed by atoms with van der Waals surface area (Å²) in [5, 5.41) is 3.34. The largest absolute Gasteiger partial charge is 0.383 e. The lowest BCUT2D eigenvalue weighted by Gasteiger charge is -2.04. The molecule has 0 unspecified atom stereocenters. The smallest absolute Gasteiger partial charge is 0.0955 e. The zero-order valence-electron chi connectivity index (χ0n) is 10.4. The first kappa shape index (κ1) is 12.1. The fraction of sp³-hybridized carbons (Fsp3) is 0.462. The summed E-state index contributed by atoms with van der Waals surface area (Å²) in [5.74, 6) is 0. The molecule has 0 atom stereocenters. The number of aromatic nitrogens is 2. The van der Waals surface area contributed by atoms with Crippen LogP contribution >= 0.6 is 0 Å². The third-order valence-electron chi connectivity index (χ3n) is 2.86. The Morgan fingerprint density at radius 1 is 1.35 bits per heavy atom. The van der Waals surface area contributed by atoms with Crippen molar-refractivity contribution in [3.05, 3.63) is 30.1 Å². The van der Waals surface area contributed by atoms with E-state index in [1.165, 1.54) is 11.1 Å². The van der Waals surface area contributed by atoms with Crippen molar-refractivity contribution in [1.29, 1.82) is 0 Å². The highest BCUT2D eigenvalue weighted by atomic mass is 16.5. The van der Waals surface area contributed by atoms with Gasteiger partial charge in [0.2, 0.25) is 0 Å². The summed E-state index contributed by atoms with van der Waals surface area (Å²) in [6, 6.07) is 6.46. The van der Waals surface area contributed by atoms with Gasteiger partial charge in [-0.15, -0.1) is 0 Å². The van der Waals surface area contributed by atoms with Crippen LogP contribution in [0.5, 0.6) is 0 Å². The van der Waals surface area contributed by atoms with E-state index in [0.717, 1.165) is 31.6 Å². The Balaban J connectivity index is 1.91. The summed E-state index contributed by atoms with van der Waals surface area (Å²) >= 11 is 0. The van der Waals surface area contributed by atoms with Gasteiger partial charge in [-0.05, 0) is 30.7 Å².